The molecule has 27 heavy (non-hydrogen) atoms. The predicted octanol–water partition coefficient (Wildman–Crippen LogP) is 5.69. The van der Waals surface area contributed by atoms with E-state index in [1.54, 1.807) is 0 Å². The van der Waals surface area contributed by atoms with Crippen molar-refractivity contribution in [3.63, 3.8) is 0 Å². The average Bonchev–Trinajstić information content (AvgIpc) is 3.01. The topological polar surface area (TPSA) is 26.3 Å². The molecule has 0 N–H and O–H groups in total. The second kappa shape index (κ2) is 6.51. The van der Waals surface area contributed by atoms with Gasteiger partial charge in [0.05, 0.1) is 0 Å². The fraction of sp³-hybridized carbons (Fsp3) is 0.480. The van der Waals surface area contributed by atoms with Gasteiger partial charge in [0.25, 0.3) is 0 Å². The molecule has 0 bridgehead atoms. The number of fused-ring (bicyclic) bond motifs is 5. The van der Waals surface area contributed by atoms with E-state index in [-0.39, 0.29) is 5.41 Å². The van der Waals surface area contributed by atoms with Crippen molar-refractivity contribution in [1.82, 2.24) is 0 Å². The van der Waals surface area contributed by atoms with Gasteiger partial charge in [-0.15, -0.1) is 0 Å². The summed E-state index contributed by atoms with van der Waals surface area (Å²) in [6.07, 6.45) is 6.52. The van der Waals surface area contributed by atoms with Gasteiger partial charge in [-0.2, -0.15) is 0 Å². The van der Waals surface area contributed by atoms with Gasteiger partial charge in [0.15, 0.2) is 0 Å². The van der Waals surface area contributed by atoms with Crippen molar-refractivity contribution in [1.29, 1.82) is 0 Å². The van der Waals surface area contributed by atoms with E-state index in [4.69, 9.17) is 4.74 Å². The van der Waals surface area contributed by atoms with E-state index in [1.807, 2.05) is 6.07 Å². The van der Waals surface area contributed by atoms with Crippen LogP contribution in [0.3, 0.4) is 0 Å². The first-order valence-electron chi connectivity index (χ1n) is 10.5. The molecule has 0 heterocycles. The SMILES string of the molecule is C[C@]12CC[C@@H]3c4ccc(OCc5ccccc5)cc4CC[C@H]3[C@H]1CCC2=O. The molecule has 2 nitrogen and oxygen atoms in total. The maximum atomic E-state index is 12.5. The fourth-order valence-electron chi connectivity index (χ4n) is 6.16. The lowest BCUT2D eigenvalue weighted by Gasteiger charge is -2.48. The van der Waals surface area contributed by atoms with Crippen LogP contribution < -0.4 is 4.74 Å². The summed E-state index contributed by atoms with van der Waals surface area (Å²) in [5.74, 6) is 3.44. The van der Waals surface area contributed by atoms with Gasteiger partial charge in [0, 0.05) is 11.8 Å². The van der Waals surface area contributed by atoms with Crippen molar-refractivity contribution in [2.45, 2.75) is 58.0 Å². The Bertz CT molecular complexity index is 856. The molecule has 2 saturated carbocycles. The second-order valence-corrected chi connectivity index (χ2v) is 8.97. The lowest BCUT2D eigenvalue weighted by atomic mass is 9.55. The molecule has 3 aliphatic rings. The third-order valence-corrected chi connectivity index (χ3v) is 7.66. The number of ether oxygens (including phenoxy) is 1. The van der Waals surface area contributed by atoms with Crippen LogP contribution in [0.2, 0.25) is 0 Å². The van der Waals surface area contributed by atoms with Crippen LogP contribution >= 0.6 is 0 Å². The third kappa shape index (κ3) is 2.81. The number of rotatable bonds is 3. The smallest absolute Gasteiger partial charge is 0.139 e. The summed E-state index contributed by atoms with van der Waals surface area (Å²) in [7, 11) is 0. The fourth-order valence-corrected chi connectivity index (χ4v) is 6.16. The van der Waals surface area contributed by atoms with Crippen LogP contribution in [0, 0.1) is 17.3 Å². The van der Waals surface area contributed by atoms with Gasteiger partial charge < -0.3 is 4.74 Å². The highest BCUT2D eigenvalue weighted by Gasteiger charge is 2.54. The zero-order chi connectivity index (χ0) is 18.4. The van der Waals surface area contributed by atoms with E-state index < -0.39 is 0 Å². The lowest BCUT2D eigenvalue weighted by molar-refractivity contribution is -0.129. The van der Waals surface area contributed by atoms with Crippen LogP contribution in [0.15, 0.2) is 48.5 Å². The van der Waals surface area contributed by atoms with E-state index in [2.05, 4.69) is 49.4 Å². The van der Waals surface area contributed by atoms with Crippen molar-refractivity contribution >= 4 is 5.78 Å². The number of aryl methyl sites for hydroxylation is 1. The van der Waals surface area contributed by atoms with Crippen LogP contribution in [0.5, 0.6) is 5.75 Å². The Morgan fingerprint density at radius 2 is 1.89 bits per heavy atom. The number of Topliss-reactive ketones (excluding diaryl/α,β-unsaturated/α-hetero) is 1. The molecule has 0 aromatic heterocycles. The molecule has 0 spiro atoms. The molecule has 0 aliphatic heterocycles. The van der Waals surface area contributed by atoms with E-state index in [0.29, 0.717) is 30.1 Å². The number of hydrogen-bond donors (Lipinski definition) is 0. The zero-order valence-corrected chi connectivity index (χ0v) is 16.1. The van der Waals surface area contributed by atoms with Gasteiger partial charge in [-0.25, -0.2) is 0 Å². The van der Waals surface area contributed by atoms with E-state index in [9.17, 15) is 4.79 Å². The minimum Gasteiger partial charge on any atom is -0.489 e. The Morgan fingerprint density at radius 1 is 1.04 bits per heavy atom. The molecule has 2 aromatic carbocycles. The van der Waals surface area contributed by atoms with Gasteiger partial charge >= 0.3 is 0 Å². The number of carbonyl (C=O) groups is 1. The molecule has 0 saturated heterocycles. The molecular weight excluding hydrogens is 332 g/mol. The van der Waals surface area contributed by atoms with Crippen LogP contribution in [0.4, 0.5) is 0 Å². The number of benzene rings is 2. The van der Waals surface area contributed by atoms with E-state index in [0.717, 1.165) is 31.4 Å². The molecule has 2 fully saturated rings. The Morgan fingerprint density at radius 3 is 2.74 bits per heavy atom. The van der Waals surface area contributed by atoms with Crippen LogP contribution in [-0.2, 0) is 17.8 Å². The van der Waals surface area contributed by atoms with Crippen molar-refractivity contribution in [3.05, 3.63) is 65.2 Å². The maximum absolute atomic E-state index is 12.5. The minimum absolute atomic E-state index is 0.0304. The molecule has 5 rings (SSSR count). The summed E-state index contributed by atoms with van der Waals surface area (Å²) < 4.78 is 6.05. The molecule has 2 aromatic rings. The van der Waals surface area contributed by atoms with Crippen LogP contribution in [-0.4, -0.2) is 5.78 Å². The molecule has 0 amide bonds. The largest absolute Gasteiger partial charge is 0.489 e. The highest BCUT2D eigenvalue weighted by molar-refractivity contribution is 5.87. The zero-order valence-electron chi connectivity index (χ0n) is 16.1. The van der Waals surface area contributed by atoms with Crippen molar-refractivity contribution in [3.8, 4) is 5.75 Å². The van der Waals surface area contributed by atoms with Crippen molar-refractivity contribution in [2.75, 3.05) is 0 Å². The number of ketones is 1. The first kappa shape index (κ1) is 17.0. The van der Waals surface area contributed by atoms with Crippen LogP contribution in [0.1, 0.15) is 61.6 Å². The molecular formula is C25H28O2. The predicted molar refractivity (Wildman–Crippen MR) is 107 cm³/mol. The van der Waals surface area contributed by atoms with Gasteiger partial charge in [-0.1, -0.05) is 43.3 Å². The quantitative estimate of drug-likeness (QED) is 0.703. The minimum atomic E-state index is -0.0304. The van der Waals surface area contributed by atoms with Crippen molar-refractivity contribution in [2.24, 2.45) is 17.3 Å². The summed E-state index contributed by atoms with van der Waals surface area (Å²) in [6, 6.07) is 17.1. The third-order valence-electron chi connectivity index (χ3n) is 7.66. The molecule has 2 heteroatoms. The van der Waals surface area contributed by atoms with Gasteiger partial charge in [-0.3, -0.25) is 4.79 Å². The van der Waals surface area contributed by atoms with Crippen molar-refractivity contribution < 1.29 is 9.53 Å². The number of carbonyl (C=O) groups excluding carboxylic acids is 1. The van der Waals surface area contributed by atoms with Gasteiger partial charge in [-0.05, 0) is 78.7 Å². The average molecular weight is 360 g/mol. The first-order chi connectivity index (χ1) is 13.1. The Balaban J connectivity index is 1.35. The Kier molecular flexibility index (Phi) is 4.11. The molecule has 0 radical (unpaired) electrons. The summed E-state index contributed by atoms with van der Waals surface area (Å²) in [6.45, 7) is 2.87. The summed E-state index contributed by atoms with van der Waals surface area (Å²) in [5, 5.41) is 0. The van der Waals surface area contributed by atoms with Gasteiger partial charge in [0.1, 0.15) is 18.1 Å². The van der Waals surface area contributed by atoms with E-state index in [1.165, 1.54) is 29.5 Å². The highest BCUT2D eigenvalue weighted by atomic mass is 16.5. The lowest BCUT2D eigenvalue weighted by Crippen LogP contribution is -2.42. The monoisotopic (exact) mass is 360 g/mol. The molecule has 0 unspecified atom stereocenters. The van der Waals surface area contributed by atoms with Crippen LogP contribution in [0.25, 0.3) is 0 Å². The molecule has 140 valence electrons. The summed E-state index contributed by atoms with van der Waals surface area (Å²) >= 11 is 0. The maximum Gasteiger partial charge on any atom is 0.139 e. The summed E-state index contributed by atoms with van der Waals surface area (Å²) in [4.78, 5) is 12.5. The number of hydrogen-bond acceptors (Lipinski definition) is 2. The normalized spacial score (nSPS) is 31.7. The standard InChI is InChI=1S/C25H28O2/c1-25-14-13-21-20-10-8-19(27-16-17-5-3-2-4-6-17)15-18(20)7-9-22(21)23(25)11-12-24(25)26/h2-6,8,10,15,21-23H,7,9,11-14,16H2,1H3/t21-,22-,23-,25+/m1/s1. The van der Waals surface area contributed by atoms with Gasteiger partial charge in [0.2, 0.25) is 0 Å². The summed E-state index contributed by atoms with van der Waals surface area (Å²) in [5.41, 5.74) is 4.17. The second-order valence-electron chi connectivity index (χ2n) is 8.97. The Labute approximate surface area is 161 Å². The Hall–Kier alpha value is -2.09. The molecule has 3 aliphatic carbocycles. The highest BCUT2D eigenvalue weighted by Crippen LogP contribution is 2.59. The van der Waals surface area contributed by atoms with E-state index >= 15 is 0 Å². The molecule has 4 atom stereocenters. The first-order valence-corrected chi connectivity index (χ1v) is 10.5.